The van der Waals surface area contributed by atoms with E-state index < -0.39 is 12.2 Å². The Balaban J connectivity index is 1.39. The second-order valence-corrected chi connectivity index (χ2v) is 6.72. The molecule has 2 aromatic rings. The van der Waals surface area contributed by atoms with Crippen molar-refractivity contribution in [1.29, 1.82) is 0 Å². The Labute approximate surface area is 148 Å². The van der Waals surface area contributed by atoms with Crippen molar-refractivity contribution in [3.63, 3.8) is 0 Å². The average molecular weight is 348 g/mol. The Morgan fingerprint density at radius 3 is 1.60 bits per heavy atom. The molecule has 8 nitrogen and oxygen atoms in total. The molecule has 0 amide bonds. The summed E-state index contributed by atoms with van der Waals surface area (Å²) >= 11 is 0. The molecule has 3 rings (SSSR count). The number of rotatable bonds is 8. The van der Waals surface area contributed by atoms with Crippen molar-refractivity contribution in [1.82, 2.24) is 29.4 Å². The summed E-state index contributed by atoms with van der Waals surface area (Å²) in [5.74, 6) is 0. The molecule has 2 unspecified atom stereocenters. The highest BCUT2D eigenvalue weighted by Crippen LogP contribution is 2.06. The van der Waals surface area contributed by atoms with E-state index in [4.69, 9.17) is 0 Å². The molecule has 138 valence electrons. The first kappa shape index (κ1) is 18.1. The fourth-order valence-corrected chi connectivity index (χ4v) is 3.35. The third-order valence-electron chi connectivity index (χ3n) is 4.53. The van der Waals surface area contributed by atoms with E-state index in [0.29, 0.717) is 26.2 Å². The maximum Gasteiger partial charge on any atom is 0.0862 e. The Kier molecular flexibility index (Phi) is 6.57. The topological polar surface area (TPSA) is 82.6 Å². The van der Waals surface area contributed by atoms with Crippen LogP contribution in [0.25, 0.3) is 0 Å². The lowest BCUT2D eigenvalue weighted by atomic mass is 10.3. The molecule has 2 aromatic heterocycles. The summed E-state index contributed by atoms with van der Waals surface area (Å²) in [5.41, 5.74) is 0. The van der Waals surface area contributed by atoms with Gasteiger partial charge < -0.3 is 10.2 Å². The van der Waals surface area contributed by atoms with Crippen LogP contribution in [0.3, 0.4) is 0 Å². The van der Waals surface area contributed by atoms with Crippen LogP contribution in [0.1, 0.15) is 6.42 Å². The molecule has 2 atom stereocenters. The number of hydrogen-bond donors (Lipinski definition) is 2. The van der Waals surface area contributed by atoms with Crippen molar-refractivity contribution in [3.8, 4) is 0 Å². The molecule has 1 fully saturated rings. The SMILES string of the molecule is OC(CN1CCCN(CC(O)Cn2cccn2)CC1)Cn1cccn1. The molecule has 25 heavy (non-hydrogen) atoms. The first-order valence-corrected chi connectivity index (χ1v) is 8.95. The van der Waals surface area contributed by atoms with E-state index in [1.165, 1.54) is 0 Å². The van der Waals surface area contributed by atoms with Gasteiger partial charge in [-0.2, -0.15) is 10.2 Å². The second-order valence-electron chi connectivity index (χ2n) is 6.72. The lowest BCUT2D eigenvalue weighted by Gasteiger charge is -2.25. The number of aliphatic hydroxyl groups is 2. The summed E-state index contributed by atoms with van der Waals surface area (Å²) in [6, 6.07) is 3.73. The first-order valence-electron chi connectivity index (χ1n) is 8.95. The molecule has 0 aliphatic carbocycles. The number of aromatic nitrogens is 4. The van der Waals surface area contributed by atoms with Crippen molar-refractivity contribution in [2.45, 2.75) is 31.7 Å². The third-order valence-corrected chi connectivity index (χ3v) is 4.53. The van der Waals surface area contributed by atoms with Crippen LogP contribution in [0.5, 0.6) is 0 Å². The fourth-order valence-electron chi connectivity index (χ4n) is 3.35. The van der Waals surface area contributed by atoms with Gasteiger partial charge in [0.1, 0.15) is 0 Å². The molecule has 2 N–H and O–H groups in total. The Hall–Kier alpha value is -1.74. The minimum atomic E-state index is -0.420. The molecule has 1 aliphatic heterocycles. The fraction of sp³-hybridized carbons (Fsp3) is 0.647. The van der Waals surface area contributed by atoms with E-state index in [1.807, 2.05) is 24.5 Å². The first-order chi connectivity index (χ1) is 12.2. The predicted molar refractivity (Wildman–Crippen MR) is 94.0 cm³/mol. The van der Waals surface area contributed by atoms with E-state index in [1.54, 1.807) is 21.8 Å². The van der Waals surface area contributed by atoms with Crippen LogP contribution in [-0.4, -0.2) is 91.1 Å². The molecule has 8 heteroatoms. The van der Waals surface area contributed by atoms with Crippen molar-refractivity contribution in [2.75, 3.05) is 39.3 Å². The molecule has 1 aliphatic rings. The molecule has 0 spiro atoms. The largest absolute Gasteiger partial charge is 0.390 e. The Bertz CT molecular complexity index is 536. The molecule has 3 heterocycles. The van der Waals surface area contributed by atoms with Crippen molar-refractivity contribution >= 4 is 0 Å². The molecule has 0 saturated carbocycles. The van der Waals surface area contributed by atoms with Gasteiger partial charge in [0.15, 0.2) is 0 Å². The predicted octanol–water partition coefficient (Wildman–Crippen LogP) is -0.491. The third kappa shape index (κ3) is 5.93. The maximum atomic E-state index is 10.3. The van der Waals surface area contributed by atoms with Gasteiger partial charge in [0.05, 0.1) is 25.3 Å². The number of aliphatic hydroxyl groups excluding tert-OH is 2. The van der Waals surface area contributed by atoms with Gasteiger partial charge in [-0.25, -0.2) is 0 Å². The molecular weight excluding hydrogens is 320 g/mol. The highest BCUT2D eigenvalue weighted by Gasteiger charge is 2.19. The monoisotopic (exact) mass is 348 g/mol. The van der Waals surface area contributed by atoms with E-state index >= 15 is 0 Å². The molecule has 0 radical (unpaired) electrons. The van der Waals surface area contributed by atoms with Crippen LogP contribution in [0, 0.1) is 0 Å². The maximum absolute atomic E-state index is 10.3. The second kappa shape index (κ2) is 9.10. The van der Waals surface area contributed by atoms with Crippen LogP contribution in [0.4, 0.5) is 0 Å². The Morgan fingerprint density at radius 2 is 1.20 bits per heavy atom. The summed E-state index contributed by atoms with van der Waals surface area (Å²) in [5, 5.41) is 28.8. The number of β-amino-alcohol motifs (C(OH)–C–C–N with tert-alkyl or cyclic N) is 2. The summed E-state index contributed by atoms with van der Waals surface area (Å²) in [6.07, 6.45) is 7.40. The zero-order valence-corrected chi connectivity index (χ0v) is 14.6. The van der Waals surface area contributed by atoms with Crippen LogP contribution >= 0.6 is 0 Å². The molecule has 0 bridgehead atoms. The van der Waals surface area contributed by atoms with Gasteiger partial charge in [0, 0.05) is 51.0 Å². The standard InChI is InChI=1S/C17H28N6O2/c24-16(14-22-8-1-4-18-22)12-20-6-3-7-21(11-10-20)13-17(25)15-23-9-2-5-19-23/h1-2,4-5,8-9,16-17,24-25H,3,6-7,10-15H2. The van der Waals surface area contributed by atoms with Crippen molar-refractivity contribution < 1.29 is 10.2 Å². The minimum absolute atomic E-state index is 0.420. The molecule has 1 saturated heterocycles. The van der Waals surface area contributed by atoms with Crippen molar-refractivity contribution in [2.24, 2.45) is 0 Å². The molecule has 0 aromatic carbocycles. The highest BCUT2D eigenvalue weighted by atomic mass is 16.3. The van der Waals surface area contributed by atoms with Gasteiger partial charge in [0.2, 0.25) is 0 Å². The van der Waals surface area contributed by atoms with Crippen LogP contribution < -0.4 is 0 Å². The van der Waals surface area contributed by atoms with Crippen LogP contribution in [0.15, 0.2) is 36.9 Å². The van der Waals surface area contributed by atoms with E-state index in [-0.39, 0.29) is 0 Å². The summed E-state index contributed by atoms with van der Waals surface area (Å²) < 4.78 is 3.53. The lowest BCUT2D eigenvalue weighted by Crippen LogP contribution is -2.39. The quantitative estimate of drug-likeness (QED) is 0.670. The summed E-state index contributed by atoms with van der Waals surface area (Å²) in [4.78, 5) is 4.60. The van der Waals surface area contributed by atoms with Gasteiger partial charge in [-0.1, -0.05) is 0 Å². The Morgan fingerprint density at radius 1 is 0.720 bits per heavy atom. The van der Waals surface area contributed by atoms with E-state index in [9.17, 15) is 10.2 Å². The number of nitrogens with zero attached hydrogens (tertiary/aromatic N) is 6. The summed E-state index contributed by atoms with van der Waals surface area (Å²) in [6.45, 7) is 6.12. The zero-order chi connectivity index (χ0) is 17.5. The summed E-state index contributed by atoms with van der Waals surface area (Å²) in [7, 11) is 0. The normalized spacial score (nSPS) is 19.6. The van der Waals surface area contributed by atoms with E-state index in [0.717, 1.165) is 32.6 Å². The van der Waals surface area contributed by atoms with Gasteiger partial charge in [0.25, 0.3) is 0 Å². The van der Waals surface area contributed by atoms with Gasteiger partial charge in [-0.05, 0) is 31.6 Å². The van der Waals surface area contributed by atoms with Crippen LogP contribution in [0.2, 0.25) is 0 Å². The lowest BCUT2D eigenvalue weighted by molar-refractivity contribution is 0.0864. The van der Waals surface area contributed by atoms with Gasteiger partial charge in [-0.15, -0.1) is 0 Å². The minimum Gasteiger partial charge on any atom is -0.390 e. The average Bonchev–Trinajstić information content (AvgIpc) is 3.21. The smallest absolute Gasteiger partial charge is 0.0862 e. The van der Waals surface area contributed by atoms with Gasteiger partial charge in [-0.3, -0.25) is 19.2 Å². The van der Waals surface area contributed by atoms with E-state index in [2.05, 4.69) is 20.0 Å². The zero-order valence-electron chi connectivity index (χ0n) is 14.6. The van der Waals surface area contributed by atoms with Crippen LogP contribution in [-0.2, 0) is 13.1 Å². The molecular formula is C17H28N6O2. The number of hydrogen-bond acceptors (Lipinski definition) is 6. The highest BCUT2D eigenvalue weighted by molar-refractivity contribution is 4.81. The van der Waals surface area contributed by atoms with Crippen molar-refractivity contribution in [3.05, 3.63) is 36.9 Å². The van der Waals surface area contributed by atoms with Gasteiger partial charge >= 0.3 is 0 Å².